The van der Waals surface area contributed by atoms with Gasteiger partial charge in [0.05, 0.1) is 18.3 Å². The van der Waals surface area contributed by atoms with Crippen LogP contribution in [0.25, 0.3) is 0 Å². The van der Waals surface area contributed by atoms with Crippen molar-refractivity contribution in [3.05, 3.63) is 34.9 Å². The number of morpholine rings is 1. The van der Waals surface area contributed by atoms with E-state index in [1.165, 1.54) is 6.07 Å². The van der Waals surface area contributed by atoms with Gasteiger partial charge in [0, 0.05) is 43.9 Å². The fourth-order valence-corrected chi connectivity index (χ4v) is 2.79. The van der Waals surface area contributed by atoms with Crippen LogP contribution >= 0.6 is 0 Å². The van der Waals surface area contributed by atoms with Crippen molar-refractivity contribution in [3.63, 3.8) is 0 Å². The summed E-state index contributed by atoms with van der Waals surface area (Å²) in [5.74, 6) is -1.48. The highest BCUT2D eigenvalue weighted by atomic mass is 19.1. The number of piperazine rings is 1. The molecule has 0 aromatic heterocycles. The molecule has 2 saturated heterocycles. The van der Waals surface area contributed by atoms with Gasteiger partial charge in [0.1, 0.15) is 17.7 Å². The average Bonchev–Trinajstić information content (AvgIpc) is 2.47. The van der Waals surface area contributed by atoms with Gasteiger partial charge in [-0.15, -0.1) is 0 Å². The molecule has 1 N–H and O–H groups in total. The van der Waals surface area contributed by atoms with Crippen molar-refractivity contribution >= 4 is 0 Å². The van der Waals surface area contributed by atoms with Crippen molar-refractivity contribution in [1.82, 2.24) is 10.2 Å². The Morgan fingerprint density at radius 2 is 2.20 bits per heavy atom. The molecule has 6 heteroatoms. The van der Waals surface area contributed by atoms with E-state index in [2.05, 4.69) is 10.2 Å². The van der Waals surface area contributed by atoms with E-state index in [0.29, 0.717) is 19.2 Å². The molecule has 2 fully saturated rings. The van der Waals surface area contributed by atoms with Gasteiger partial charge in [-0.05, 0) is 6.07 Å². The van der Waals surface area contributed by atoms with E-state index in [1.807, 2.05) is 0 Å². The molecule has 1 aromatic rings. The van der Waals surface area contributed by atoms with Crippen LogP contribution in [0.15, 0.2) is 12.1 Å². The topological polar surface area (TPSA) is 48.3 Å². The third kappa shape index (κ3) is 2.40. The van der Waals surface area contributed by atoms with Crippen LogP contribution in [0.5, 0.6) is 0 Å². The number of nitrogens with zero attached hydrogens (tertiary/aromatic N) is 2. The van der Waals surface area contributed by atoms with E-state index in [4.69, 9.17) is 10.00 Å². The van der Waals surface area contributed by atoms with Crippen LogP contribution in [0.1, 0.15) is 17.2 Å². The second kappa shape index (κ2) is 5.44. The molecular weight excluding hydrogens is 264 g/mol. The number of hydrogen-bond acceptors (Lipinski definition) is 4. The van der Waals surface area contributed by atoms with Crippen LogP contribution < -0.4 is 5.32 Å². The Hall–Kier alpha value is -1.55. The zero-order chi connectivity index (χ0) is 14.1. The smallest absolute Gasteiger partial charge is 0.143 e. The molecule has 0 unspecified atom stereocenters. The maximum absolute atomic E-state index is 13.9. The van der Waals surface area contributed by atoms with Crippen molar-refractivity contribution in [3.8, 4) is 6.07 Å². The lowest BCUT2D eigenvalue weighted by Crippen LogP contribution is -2.57. The molecule has 0 spiro atoms. The monoisotopic (exact) mass is 279 g/mol. The standard InChI is InChI=1S/C14H15F2N3O/c15-12-4-13(16)11(3-9(12)5-17)14-7-19-2-1-18-6-10(19)8-20-14/h3-4,10,14,18H,1-2,6-8H2/t10-,14+/m0/s1. The quantitative estimate of drug-likeness (QED) is 0.838. The number of benzene rings is 1. The predicted octanol–water partition coefficient (Wildman–Crippen LogP) is 1.18. The highest BCUT2D eigenvalue weighted by Crippen LogP contribution is 2.28. The Kier molecular flexibility index (Phi) is 3.66. The minimum absolute atomic E-state index is 0.146. The molecular formula is C14H15F2N3O. The van der Waals surface area contributed by atoms with E-state index in [1.54, 1.807) is 6.07 Å². The van der Waals surface area contributed by atoms with Crippen molar-refractivity contribution in [2.45, 2.75) is 12.1 Å². The van der Waals surface area contributed by atoms with E-state index < -0.39 is 17.7 Å². The van der Waals surface area contributed by atoms with Gasteiger partial charge < -0.3 is 10.1 Å². The van der Waals surface area contributed by atoms with Gasteiger partial charge in [-0.2, -0.15) is 5.26 Å². The van der Waals surface area contributed by atoms with Gasteiger partial charge in [0.2, 0.25) is 0 Å². The SMILES string of the molecule is N#Cc1cc([C@H]2CN3CCNC[C@H]3CO2)c(F)cc1F. The molecule has 2 heterocycles. The summed E-state index contributed by atoms with van der Waals surface area (Å²) in [5.41, 5.74) is 0.118. The Morgan fingerprint density at radius 3 is 3.00 bits per heavy atom. The summed E-state index contributed by atoms with van der Waals surface area (Å²) in [6.45, 7) is 3.73. The van der Waals surface area contributed by atoms with Crippen LogP contribution in [-0.2, 0) is 4.74 Å². The Labute approximate surface area is 115 Å². The number of rotatable bonds is 1. The average molecular weight is 279 g/mol. The van der Waals surface area contributed by atoms with Gasteiger partial charge in [-0.3, -0.25) is 4.90 Å². The largest absolute Gasteiger partial charge is 0.370 e. The lowest BCUT2D eigenvalue weighted by Gasteiger charge is -2.42. The molecule has 0 saturated carbocycles. The molecule has 1 aromatic carbocycles. The maximum atomic E-state index is 13.9. The van der Waals surface area contributed by atoms with Gasteiger partial charge in [-0.1, -0.05) is 0 Å². The fraction of sp³-hybridized carbons (Fsp3) is 0.500. The number of nitrogens with one attached hydrogen (secondary N) is 1. The summed E-state index contributed by atoms with van der Waals surface area (Å²) in [7, 11) is 0. The number of nitriles is 1. The summed E-state index contributed by atoms with van der Waals surface area (Å²) in [6, 6.07) is 4.07. The van der Waals surface area contributed by atoms with Crippen LogP contribution in [0.4, 0.5) is 8.78 Å². The molecule has 0 bridgehead atoms. The van der Waals surface area contributed by atoms with Gasteiger partial charge in [-0.25, -0.2) is 8.78 Å². The van der Waals surface area contributed by atoms with E-state index >= 15 is 0 Å². The molecule has 106 valence electrons. The maximum Gasteiger partial charge on any atom is 0.143 e. The summed E-state index contributed by atoms with van der Waals surface area (Å²) in [4.78, 5) is 2.25. The van der Waals surface area contributed by atoms with Gasteiger partial charge in [0.15, 0.2) is 0 Å². The Morgan fingerprint density at radius 1 is 1.35 bits per heavy atom. The first-order valence-corrected chi connectivity index (χ1v) is 6.64. The highest BCUT2D eigenvalue weighted by Gasteiger charge is 2.32. The van der Waals surface area contributed by atoms with Gasteiger partial charge >= 0.3 is 0 Å². The third-order valence-corrected chi connectivity index (χ3v) is 3.92. The minimum atomic E-state index is -0.829. The summed E-state index contributed by atoms with van der Waals surface area (Å²) in [6.07, 6.45) is -0.447. The molecule has 2 aliphatic rings. The molecule has 4 nitrogen and oxygen atoms in total. The first kappa shape index (κ1) is 13.4. The molecule has 20 heavy (non-hydrogen) atoms. The summed E-state index contributed by atoms with van der Waals surface area (Å²) >= 11 is 0. The van der Waals surface area contributed by atoms with Crippen molar-refractivity contribution in [2.75, 3.05) is 32.8 Å². The van der Waals surface area contributed by atoms with Crippen molar-refractivity contribution < 1.29 is 13.5 Å². The van der Waals surface area contributed by atoms with E-state index in [9.17, 15) is 8.78 Å². The molecule has 0 amide bonds. The number of hydrogen-bond donors (Lipinski definition) is 1. The second-order valence-corrected chi connectivity index (χ2v) is 5.14. The fourth-order valence-electron chi connectivity index (χ4n) is 2.79. The minimum Gasteiger partial charge on any atom is -0.370 e. The lowest BCUT2D eigenvalue weighted by atomic mass is 10.0. The second-order valence-electron chi connectivity index (χ2n) is 5.14. The zero-order valence-corrected chi connectivity index (χ0v) is 10.9. The van der Waals surface area contributed by atoms with Crippen LogP contribution in [0, 0.1) is 23.0 Å². The van der Waals surface area contributed by atoms with Crippen LogP contribution in [-0.4, -0.2) is 43.7 Å². The van der Waals surface area contributed by atoms with E-state index in [0.717, 1.165) is 25.7 Å². The molecule has 0 radical (unpaired) electrons. The Bertz CT molecular complexity index is 558. The Balaban J connectivity index is 1.85. The van der Waals surface area contributed by atoms with Crippen LogP contribution in [0.3, 0.4) is 0 Å². The number of fused-ring (bicyclic) bond motifs is 1. The highest BCUT2D eigenvalue weighted by molar-refractivity contribution is 5.36. The number of ether oxygens (including phenoxy) is 1. The first-order chi connectivity index (χ1) is 9.69. The molecule has 2 atom stereocenters. The number of halogens is 2. The lowest BCUT2D eigenvalue weighted by molar-refractivity contribution is -0.0730. The van der Waals surface area contributed by atoms with Gasteiger partial charge in [0.25, 0.3) is 0 Å². The van der Waals surface area contributed by atoms with E-state index in [-0.39, 0.29) is 11.1 Å². The zero-order valence-electron chi connectivity index (χ0n) is 10.9. The molecule has 2 aliphatic heterocycles. The summed E-state index contributed by atoms with van der Waals surface area (Å²) in [5, 5.41) is 12.1. The van der Waals surface area contributed by atoms with Crippen LogP contribution in [0.2, 0.25) is 0 Å². The molecule has 0 aliphatic carbocycles. The van der Waals surface area contributed by atoms with Crippen molar-refractivity contribution in [1.29, 1.82) is 5.26 Å². The summed E-state index contributed by atoms with van der Waals surface area (Å²) < 4.78 is 33.0. The third-order valence-electron chi connectivity index (χ3n) is 3.92. The predicted molar refractivity (Wildman–Crippen MR) is 68.0 cm³/mol. The first-order valence-electron chi connectivity index (χ1n) is 6.64. The normalized spacial score (nSPS) is 26.9. The molecule has 3 rings (SSSR count). The van der Waals surface area contributed by atoms with Crippen molar-refractivity contribution in [2.24, 2.45) is 0 Å².